The van der Waals surface area contributed by atoms with Crippen LogP contribution in [0.2, 0.25) is 0 Å². The van der Waals surface area contributed by atoms with E-state index < -0.39 is 0 Å². The molecule has 0 aliphatic rings. The van der Waals surface area contributed by atoms with E-state index in [1.54, 1.807) is 0 Å². The molecule has 0 spiro atoms. The van der Waals surface area contributed by atoms with Crippen molar-refractivity contribution in [2.75, 3.05) is 0 Å². The third-order valence-corrected chi connectivity index (χ3v) is 5.00. The molecule has 0 bridgehead atoms. The molecule has 0 amide bonds. The highest BCUT2D eigenvalue weighted by molar-refractivity contribution is 6.13. The molecule has 0 atom stereocenters. The second-order valence-electron chi connectivity index (χ2n) is 8.54. The second-order valence-corrected chi connectivity index (χ2v) is 8.54. The molecule has 0 saturated heterocycles. The maximum absolute atomic E-state index is 12.6. The van der Waals surface area contributed by atoms with Gasteiger partial charge in [0.1, 0.15) is 11.5 Å². The van der Waals surface area contributed by atoms with E-state index in [-0.39, 0.29) is 23.8 Å². The van der Waals surface area contributed by atoms with Gasteiger partial charge in [0, 0.05) is 34.4 Å². The lowest BCUT2D eigenvalue weighted by Gasteiger charge is -2.19. The number of esters is 2. The number of hydrogen-bond donors (Lipinski definition) is 0. The molecule has 0 aliphatic carbocycles. The van der Waals surface area contributed by atoms with Gasteiger partial charge in [-0.05, 0) is 23.8 Å². The number of benzene rings is 3. The van der Waals surface area contributed by atoms with E-state index in [2.05, 4.69) is 6.92 Å². The lowest BCUT2D eigenvalue weighted by Crippen LogP contribution is -2.13. The lowest BCUT2D eigenvalue weighted by molar-refractivity contribution is -0.136. The summed E-state index contributed by atoms with van der Waals surface area (Å²) in [5.41, 5.74) is 1.05. The summed E-state index contributed by atoms with van der Waals surface area (Å²) in [7, 11) is 0. The van der Waals surface area contributed by atoms with Crippen LogP contribution in [-0.2, 0) is 16.0 Å². The standard InChI is InChI=1S/C26H30O4/c1-6-18-10-9-13-21-24(18)26(30-23(28)15-17(4)5)20-12-8-7-11-19(20)25(21)29-22(27)14-16(2)3/h7-13,16-17H,6,14-15H2,1-5H3. The van der Waals surface area contributed by atoms with Gasteiger partial charge in [0.2, 0.25) is 0 Å². The normalized spacial score (nSPS) is 11.4. The predicted octanol–water partition coefficient (Wildman–Crippen LogP) is 6.46. The molecule has 0 aromatic heterocycles. The van der Waals surface area contributed by atoms with Crippen LogP contribution >= 0.6 is 0 Å². The maximum atomic E-state index is 12.6. The van der Waals surface area contributed by atoms with Crippen LogP contribution in [0.25, 0.3) is 21.5 Å². The summed E-state index contributed by atoms with van der Waals surface area (Å²) < 4.78 is 11.8. The summed E-state index contributed by atoms with van der Waals surface area (Å²) in [5.74, 6) is 0.974. The van der Waals surface area contributed by atoms with Crippen molar-refractivity contribution in [3.63, 3.8) is 0 Å². The fourth-order valence-electron chi connectivity index (χ4n) is 3.70. The highest BCUT2D eigenvalue weighted by atomic mass is 16.5. The van der Waals surface area contributed by atoms with Crippen molar-refractivity contribution in [1.82, 2.24) is 0 Å². The summed E-state index contributed by atoms with van der Waals surface area (Å²) in [6.45, 7) is 10.0. The summed E-state index contributed by atoms with van der Waals surface area (Å²) in [4.78, 5) is 25.1. The summed E-state index contributed by atoms with van der Waals surface area (Å²) in [6.07, 6.45) is 1.45. The van der Waals surface area contributed by atoms with E-state index in [0.717, 1.165) is 33.5 Å². The molecule has 0 aliphatic heterocycles. The summed E-state index contributed by atoms with van der Waals surface area (Å²) in [6, 6.07) is 13.5. The molecule has 3 aromatic rings. The van der Waals surface area contributed by atoms with Gasteiger partial charge in [-0.15, -0.1) is 0 Å². The minimum atomic E-state index is -0.261. The Morgan fingerprint density at radius 1 is 0.733 bits per heavy atom. The van der Waals surface area contributed by atoms with Crippen molar-refractivity contribution >= 4 is 33.5 Å². The van der Waals surface area contributed by atoms with Crippen molar-refractivity contribution < 1.29 is 19.1 Å². The van der Waals surface area contributed by atoms with E-state index in [1.165, 1.54) is 0 Å². The minimum Gasteiger partial charge on any atom is -0.425 e. The molecule has 4 heteroatoms. The number of carbonyl (C=O) groups excluding carboxylic acids is 2. The first-order valence-corrected chi connectivity index (χ1v) is 10.7. The first-order valence-electron chi connectivity index (χ1n) is 10.7. The molecule has 0 fully saturated rings. The number of carbonyl (C=O) groups is 2. The van der Waals surface area contributed by atoms with Gasteiger partial charge in [0.05, 0.1) is 0 Å². The molecule has 3 aromatic carbocycles. The van der Waals surface area contributed by atoms with Crippen LogP contribution in [0.4, 0.5) is 0 Å². The molecule has 0 radical (unpaired) electrons. The van der Waals surface area contributed by atoms with Gasteiger partial charge in [-0.3, -0.25) is 9.59 Å². The predicted molar refractivity (Wildman–Crippen MR) is 121 cm³/mol. The smallest absolute Gasteiger partial charge is 0.311 e. The highest BCUT2D eigenvalue weighted by Crippen LogP contribution is 2.44. The number of aryl methyl sites for hydroxylation is 1. The van der Waals surface area contributed by atoms with E-state index in [1.807, 2.05) is 70.2 Å². The molecule has 0 unspecified atom stereocenters. The molecular formula is C26H30O4. The topological polar surface area (TPSA) is 52.6 Å². The molecule has 158 valence electrons. The van der Waals surface area contributed by atoms with E-state index in [9.17, 15) is 9.59 Å². The number of ether oxygens (including phenoxy) is 2. The third kappa shape index (κ3) is 4.64. The Kier molecular flexibility index (Phi) is 6.76. The van der Waals surface area contributed by atoms with Gasteiger partial charge in [0.25, 0.3) is 0 Å². The quantitative estimate of drug-likeness (QED) is 0.257. The van der Waals surface area contributed by atoms with Gasteiger partial charge < -0.3 is 9.47 Å². The molecule has 0 N–H and O–H groups in total. The van der Waals surface area contributed by atoms with Crippen LogP contribution in [0.1, 0.15) is 53.0 Å². The third-order valence-electron chi connectivity index (χ3n) is 5.00. The largest absolute Gasteiger partial charge is 0.425 e. The Morgan fingerprint density at radius 2 is 1.23 bits per heavy atom. The monoisotopic (exact) mass is 406 g/mol. The Hall–Kier alpha value is -2.88. The zero-order valence-electron chi connectivity index (χ0n) is 18.5. The highest BCUT2D eigenvalue weighted by Gasteiger charge is 2.22. The number of hydrogen-bond acceptors (Lipinski definition) is 4. The zero-order chi connectivity index (χ0) is 21.8. The Morgan fingerprint density at radius 3 is 1.77 bits per heavy atom. The van der Waals surface area contributed by atoms with Crippen LogP contribution in [0, 0.1) is 11.8 Å². The Balaban J connectivity index is 2.28. The summed E-state index contributed by atoms with van der Waals surface area (Å²) in [5, 5.41) is 3.17. The zero-order valence-corrected chi connectivity index (χ0v) is 18.5. The van der Waals surface area contributed by atoms with Gasteiger partial charge in [0.15, 0.2) is 0 Å². The molecule has 0 heterocycles. The van der Waals surface area contributed by atoms with Crippen LogP contribution in [0.3, 0.4) is 0 Å². The Labute approximate surface area is 178 Å². The average molecular weight is 407 g/mol. The first kappa shape index (κ1) is 21.8. The van der Waals surface area contributed by atoms with Crippen LogP contribution in [-0.4, -0.2) is 11.9 Å². The van der Waals surface area contributed by atoms with Crippen LogP contribution in [0.15, 0.2) is 42.5 Å². The van der Waals surface area contributed by atoms with Crippen LogP contribution in [0.5, 0.6) is 11.5 Å². The second kappa shape index (κ2) is 9.29. The van der Waals surface area contributed by atoms with Crippen molar-refractivity contribution in [3.8, 4) is 11.5 Å². The molecule has 30 heavy (non-hydrogen) atoms. The number of fused-ring (bicyclic) bond motifs is 2. The average Bonchev–Trinajstić information content (AvgIpc) is 2.68. The maximum Gasteiger partial charge on any atom is 0.311 e. The van der Waals surface area contributed by atoms with E-state index >= 15 is 0 Å². The van der Waals surface area contributed by atoms with Gasteiger partial charge >= 0.3 is 11.9 Å². The number of rotatable bonds is 7. The fraction of sp³-hybridized carbons (Fsp3) is 0.385. The van der Waals surface area contributed by atoms with Crippen molar-refractivity contribution in [1.29, 1.82) is 0 Å². The molecular weight excluding hydrogens is 376 g/mol. The Bertz CT molecular complexity index is 1080. The molecule has 3 rings (SSSR count). The minimum absolute atomic E-state index is 0.205. The SMILES string of the molecule is CCc1cccc2c(OC(=O)CC(C)C)c3ccccc3c(OC(=O)CC(C)C)c12. The fourth-order valence-corrected chi connectivity index (χ4v) is 3.70. The van der Waals surface area contributed by atoms with Gasteiger partial charge in [-0.1, -0.05) is 77.1 Å². The van der Waals surface area contributed by atoms with Crippen molar-refractivity contribution in [2.24, 2.45) is 11.8 Å². The summed E-state index contributed by atoms with van der Waals surface area (Å²) >= 11 is 0. The van der Waals surface area contributed by atoms with Gasteiger partial charge in [-0.2, -0.15) is 0 Å². The van der Waals surface area contributed by atoms with Crippen LogP contribution < -0.4 is 9.47 Å². The van der Waals surface area contributed by atoms with E-state index in [4.69, 9.17) is 9.47 Å². The van der Waals surface area contributed by atoms with E-state index in [0.29, 0.717) is 24.3 Å². The first-order chi connectivity index (χ1) is 14.3. The molecule has 0 saturated carbocycles. The van der Waals surface area contributed by atoms with Crippen molar-refractivity contribution in [2.45, 2.75) is 53.9 Å². The van der Waals surface area contributed by atoms with Gasteiger partial charge in [-0.25, -0.2) is 0 Å². The van der Waals surface area contributed by atoms with Crippen molar-refractivity contribution in [3.05, 3.63) is 48.0 Å². The molecule has 4 nitrogen and oxygen atoms in total. The lowest BCUT2D eigenvalue weighted by atomic mass is 9.95.